The number of halogens is 4. The Bertz CT molecular complexity index is 2010. The SMILES string of the molecule is CCC[C@H](C)C[C@@H](CC)C(NC(=O)OC(C)(C)C(F)(F)F)C(=O)N1C[C@H](Oc2nccc3cc(OCC)c(F)cc23)C[C@H]1C(=O)N[C@]1(C(=O)NS(=O)(=O)C2CC2)C[C@H]1C. The third-order valence-electron chi connectivity index (χ3n) is 11.5. The van der Waals surface area contributed by atoms with Crippen molar-refractivity contribution in [2.75, 3.05) is 13.2 Å². The van der Waals surface area contributed by atoms with Crippen LogP contribution in [0.4, 0.5) is 22.4 Å². The summed E-state index contributed by atoms with van der Waals surface area (Å²) in [4.78, 5) is 61.4. The van der Waals surface area contributed by atoms with Gasteiger partial charge in [0.25, 0.3) is 5.91 Å². The number of carbonyl (C=O) groups excluding carboxylic acids is 4. The molecule has 19 heteroatoms. The Kier molecular flexibility index (Phi) is 13.7. The molecule has 59 heavy (non-hydrogen) atoms. The lowest BCUT2D eigenvalue weighted by molar-refractivity contribution is -0.244. The van der Waals surface area contributed by atoms with Crippen LogP contribution in [0.3, 0.4) is 0 Å². The van der Waals surface area contributed by atoms with Gasteiger partial charge in [-0.2, -0.15) is 13.2 Å². The highest BCUT2D eigenvalue weighted by atomic mass is 32.2. The van der Waals surface area contributed by atoms with E-state index in [1.807, 2.05) is 13.8 Å². The number of likely N-dealkylation sites (tertiary alicyclic amines) is 1. The molecule has 0 bridgehead atoms. The second-order valence-electron chi connectivity index (χ2n) is 16.6. The predicted octanol–water partition coefficient (Wildman–Crippen LogP) is 5.91. The number of sulfonamides is 1. The molecule has 3 aliphatic rings. The molecule has 1 saturated heterocycles. The van der Waals surface area contributed by atoms with Crippen molar-refractivity contribution in [3.8, 4) is 11.6 Å². The Hall–Kier alpha value is -4.42. The van der Waals surface area contributed by atoms with Crippen LogP contribution in [-0.4, -0.2) is 96.0 Å². The first-order valence-electron chi connectivity index (χ1n) is 20.2. The molecule has 3 fully saturated rings. The van der Waals surface area contributed by atoms with Gasteiger partial charge in [0, 0.05) is 18.0 Å². The average Bonchev–Trinajstić information content (AvgIpc) is 4.06. The predicted molar refractivity (Wildman–Crippen MR) is 208 cm³/mol. The van der Waals surface area contributed by atoms with Crippen LogP contribution >= 0.6 is 0 Å². The highest BCUT2D eigenvalue weighted by Gasteiger charge is 2.61. The number of carbonyl (C=O) groups is 4. The maximum absolute atomic E-state index is 15.1. The molecule has 3 N–H and O–H groups in total. The fraction of sp³-hybridized carbons (Fsp3) is 0.675. The van der Waals surface area contributed by atoms with Crippen molar-refractivity contribution in [2.24, 2.45) is 17.8 Å². The maximum Gasteiger partial charge on any atom is 0.427 e. The minimum Gasteiger partial charge on any atom is -0.491 e. The Morgan fingerprint density at radius 2 is 1.78 bits per heavy atom. The number of rotatable bonds is 18. The third kappa shape index (κ3) is 10.3. The van der Waals surface area contributed by atoms with Crippen molar-refractivity contribution in [3.63, 3.8) is 0 Å². The molecule has 328 valence electrons. The first kappa shape index (κ1) is 45.7. The van der Waals surface area contributed by atoms with E-state index in [-0.39, 0.29) is 48.9 Å². The maximum atomic E-state index is 15.1. The number of benzene rings is 1. The van der Waals surface area contributed by atoms with Crippen LogP contribution in [0.5, 0.6) is 11.6 Å². The Morgan fingerprint density at radius 1 is 1.10 bits per heavy atom. The highest BCUT2D eigenvalue weighted by Crippen LogP contribution is 2.44. The zero-order valence-electron chi connectivity index (χ0n) is 34.4. The van der Waals surface area contributed by atoms with E-state index in [0.29, 0.717) is 44.9 Å². The number of hydrogen-bond donors (Lipinski definition) is 3. The molecule has 0 radical (unpaired) electrons. The summed E-state index contributed by atoms with van der Waals surface area (Å²) in [5.74, 6) is -4.28. The van der Waals surface area contributed by atoms with Gasteiger partial charge in [0.15, 0.2) is 11.6 Å². The molecule has 5 rings (SSSR count). The number of nitrogens with zero attached hydrogens (tertiary/aromatic N) is 2. The summed E-state index contributed by atoms with van der Waals surface area (Å²) in [7, 11) is -3.97. The second-order valence-corrected chi connectivity index (χ2v) is 18.6. The minimum atomic E-state index is -4.93. The van der Waals surface area contributed by atoms with Gasteiger partial charge in [-0.05, 0) is 87.8 Å². The van der Waals surface area contributed by atoms with Gasteiger partial charge in [0.1, 0.15) is 23.7 Å². The van der Waals surface area contributed by atoms with E-state index in [4.69, 9.17) is 14.2 Å². The van der Waals surface area contributed by atoms with Crippen LogP contribution < -0.4 is 24.8 Å². The van der Waals surface area contributed by atoms with E-state index < -0.39 is 92.2 Å². The lowest BCUT2D eigenvalue weighted by Gasteiger charge is -2.35. The van der Waals surface area contributed by atoms with Crippen molar-refractivity contribution >= 4 is 44.6 Å². The minimum absolute atomic E-state index is 0.0122. The van der Waals surface area contributed by atoms with Gasteiger partial charge in [-0.25, -0.2) is 22.6 Å². The number of alkyl halides is 3. The second kappa shape index (κ2) is 17.7. The third-order valence-corrected chi connectivity index (χ3v) is 13.3. The van der Waals surface area contributed by atoms with Crippen LogP contribution in [0.15, 0.2) is 24.4 Å². The zero-order valence-corrected chi connectivity index (χ0v) is 35.2. The number of aromatic nitrogens is 1. The smallest absolute Gasteiger partial charge is 0.427 e. The van der Waals surface area contributed by atoms with Gasteiger partial charge in [0.05, 0.1) is 18.4 Å². The van der Waals surface area contributed by atoms with Gasteiger partial charge in [-0.15, -0.1) is 0 Å². The van der Waals surface area contributed by atoms with E-state index in [2.05, 4.69) is 20.3 Å². The molecule has 7 atom stereocenters. The molecule has 2 aliphatic carbocycles. The molecule has 2 aromatic rings. The number of amides is 4. The molecule has 0 spiro atoms. The first-order chi connectivity index (χ1) is 27.6. The lowest BCUT2D eigenvalue weighted by atomic mass is 9.85. The number of fused-ring (bicyclic) bond motifs is 1. The van der Waals surface area contributed by atoms with Crippen molar-refractivity contribution in [1.29, 1.82) is 0 Å². The van der Waals surface area contributed by atoms with Crippen LogP contribution in [-0.2, 0) is 29.1 Å². The summed E-state index contributed by atoms with van der Waals surface area (Å²) in [6.07, 6.45) is -2.99. The largest absolute Gasteiger partial charge is 0.491 e. The number of hydrogen-bond acceptors (Lipinski definition) is 10. The Morgan fingerprint density at radius 3 is 2.36 bits per heavy atom. The van der Waals surface area contributed by atoms with Crippen molar-refractivity contribution in [1.82, 2.24) is 25.2 Å². The highest BCUT2D eigenvalue weighted by molar-refractivity contribution is 7.91. The van der Waals surface area contributed by atoms with Crippen LogP contribution in [0.2, 0.25) is 0 Å². The standard InChI is InChI=1S/C40H55F4N5O9S/c1-8-11-22(4)16-24(9-2)32(46-37(53)58-38(6,7)40(42,43)44)35(51)49-21-26(57-34-28-19-29(41)31(56-10-3)17-25(28)14-15-45-34)18-30(49)33(50)47-39(20-23(39)5)36(52)48-59(54,55)27-12-13-27/h14-15,17,19,22-24,26-27,30,32H,8-13,16,18,20-21H2,1-7H3,(H,46,53)(H,47,50)(H,48,52)/t22-,23+,24+,26+,30-,32?,39+/m0/s1. The Balaban J connectivity index is 1.50. The van der Waals surface area contributed by atoms with Gasteiger partial charge in [-0.1, -0.05) is 47.0 Å². The van der Waals surface area contributed by atoms with E-state index in [9.17, 15) is 40.8 Å². The molecule has 14 nitrogen and oxygen atoms in total. The molecular weight excluding hydrogens is 803 g/mol. The summed E-state index contributed by atoms with van der Waals surface area (Å²) in [6.45, 7) is 10.4. The van der Waals surface area contributed by atoms with Gasteiger partial charge >= 0.3 is 12.3 Å². The fourth-order valence-electron chi connectivity index (χ4n) is 7.67. The first-order valence-corrected chi connectivity index (χ1v) is 21.7. The van der Waals surface area contributed by atoms with Gasteiger partial charge in [-0.3, -0.25) is 19.1 Å². The fourth-order valence-corrected chi connectivity index (χ4v) is 9.03. The molecule has 2 saturated carbocycles. The summed E-state index contributed by atoms with van der Waals surface area (Å²) in [6, 6.07) is 1.45. The molecule has 1 aromatic carbocycles. The topological polar surface area (TPSA) is 182 Å². The average molecular weight is 858 g/mol. The Labute approximate surface area is 341 Å². The van der Waals surface area contributed by atoms with E-state index in [1.165, 1.54) is 18.3 Å². The van der Waals surface area contributed by atoms with Crippen molar-refractivity contribution in [2.45, 2.75) is 141 Å². The summed E-state index contributed by atoms with van der Waals surface area (Å²) >= 11 is 0. The summed E-state index contributed by atoms with van der Waals surface area (Å²) in [5, 5.41) is 5.18. The van der Waals surface area contributed by atoms with Crippen molar-refractivity contribution in [3.05, 3.63) is 30.2 Å². The lowest BCUT2D eigenvalue weighted by Crippen LogP contribution is -2.59. The zero-order chi connectivity index (χ0) is 43.7. The van der Waals surface area contributed by atoms with Gasteiger partial charge < -0.3 is 29.7 Å². The normalized spacial score (nSPS) is 23.5. The number of pyridine rings is 1. The summed E-state index contributed by atoms with van der Waals surface area (Å²) in [5.41, 5.74) is -4.51. The van der Waals surface area contributed by atoms with Crippen molar-refractivity contribution < 1.29 is 59.4 Å². The number of nitrogens with one attached hydrogen (secondary N) is 3. The van der Waals surface area contributed by atoms with Crippen LogP contribution in [0, 0.1) is 23.6 Å². The van der Waals surface area contributed by atoms with Gasteiger partial charge in [0.2, 0.25) is 33.3 Å². The quantitative estimate of drug-likeness (QED) is 0.153. The number of alkyl carbamates (subject to hydrolysis) is 1. The molecule has 1 unspecified atom stereocenters. The molecule has 1 aliphatic heterocycles. The van der Waals surface area contributed by atoms with E-state index in [1.54, 1.807) is 26.8 Å². The van der Waals surface area contributed by atoms with Crippen LogP contribution in [0.25, 0.3) is 10.8 Å². The number of ether oxygens (including phenoxy) is 3. The van der Waals surface area contributed by atoms with E-state index >= 15 is 4.39 Å². The molecule has 4 amide bonds. The van der Waals surface area contributed by atoms with Crippen LogP contribution in [0.1, 0.15) is 99.8 Å². The molecular formula is C40H55F4N5O9S. The summed E-state index contributed by atoms with van der Waals surface area (Å²) < 4.78 is 100. The monoisotopic (exact) mass is 857 g/mol. The molecule has 1 aromatic heterocycles. The van der Waals surface area contributed by atoms with E-state index in [0.717, 1.165) is 17.7 Å². The molecule has 2 heterocycles.